The highest BCUT2D eigenvalue weighted by atomic mass is 79.9. The lowest BCUT2D eigenvalue weighted by molar-refractivity contribution is -0.116. The van der Waals surface area contributed by atoms with Gasteiger partial charge in [0.05, 0.1) is 20.9 Å². The standard InChI is InChI=1S/C10H11Br2ClN2O/c1-2-3-7(16)15-10-5(11)4-6(13)9(14)8(10)12/h4H,2-3,14H2,1H3,(H,15,16). The van der Waals surface area contributed by atoms with Crippen LogP contribution >= 0.6 is 43.5 Å². The van der Waals surface area contributed by atoms with Gasteiger partial charge in [-0.1, -0.05) is 18.5 Å². The number of nitrogen functional groups attached to an aromatic ring is 1. The molecule has 1 rings (SSSR count). The Morgan fingerprint density at radius 3 is 2.75 bits per heavy atom. The number of benzene rings is 1. The van der Waals surface area contributed by atoms with Crippen molar-refractivity contribution >= 4 is 60.7 Å². The fraction of sp³-hybridized carbons (Fsp3) is 0.300. The molecule has 0 bridgehead atoms. The molecule has 0 unspecified atom stereocenters. The molecule has 0 aliphatic rings. The molecule has 0 heterocycles. The molecule has 0 atom stereocenters. The summed E-state index contributed by atoms with van der Waals surface area (Å²) in [6, 6.07) is 1.66. The third-order valence-electron chi connectivity index (χ3n) is 1.95. The summed E-state index contributed by atoms with van der Waals surface area (Å²) < 4.78 is 1.29. The number of nitrogens with two attached hydrogens (primary N) is 1. The lowest BCUT2D eigenvalue weighted by atomic mass is 10.2. The van der Waals surface area contributed by atoms with Crippen LogP contribution in [0.4, 0.5) is 11.4 Å². The van der Waals surface area contributed by atoms with Gasteiger partial charge in [-0.15, -0.1) is 0 Å². The van der Waals surface area contributed by atoms with E-state index in [1.165, 1.54) is 0 Å². The van der Waals surface area contributed by atoms with E-state index < -0.39 is 0 Å². The fourth-order valence-corrected chi connectivity index (χ4v) is 2.92. The molecule has 0 radical (unpaired) electrons. The first-order valence-corrected chi connectivity index (χ1v) is 6.66. The summed E-state index contributed by atoms with van der Waals surface area (Å²) in [7, 11) is 0. The smallest absolute Gasteiger partial charge is 0.224 e. The van der Waals surface area contributed by atoms with Crippen LogP contribution in [0.25, 0.3) is 0 Å². The molecule has 0 aliphatic heterocycles. The normalized spacial score (nSPS) is 10.2. The Morgan fingerprint density at radius 2 is 2.19 bits per heavy atom. The van der Waals surface area contributed by atoms with Crippen LogP contribution in [0.3, 0.4) is 0 Å². The number of anilines is 2. The van der Waals surface area contributed by atoms with E-state index in [0.29, 0.717) is 31.8 Å². The molecule has 3 N–H and O–H groups in total. The molecule has 1 aromatic carbocycles. The third kappa shape index (κ3) is 3.12. The molecule has 88 valence electrons. The monoisotopic (exact) mass is 368 g/mol. The minimum Gasteiger partial charge on any atom is -0.397 e. The SMILES string of the molecule is CCCC(=O)Nc1c(Br)cc(Cl)c(N)c1Br. The molecule has 0 aliphatic carbocycles. The second-order valence-electron chi connectivity index (χ2n) is 3.24. The number of nitrogens with one attached hydrogen (secondary N) is 1. The van der Waals surface area contributed by atoms with E-state index in [4.69, 9.17) is 17.3 Å². The van der Waals surface area contributed by atoms with Gasteiger partial charge in [-0.3, -0.25) is 4.79 Å². The average molecular weight is 370 g/mol. The summed E-state index contributed by atoms with van der Waals surface area (Å²) in [6.07, 6.45) is 1.27. The Hall–Kier alpha value is -0.260. The second-order valence-corrected chi connectivity index (χ2v) is 5.30. The molecule has 3 nitrogen and oxygen atoms in total. The highest BCUT2D eigenvalue weighted by molar-refractivity contribution is 9.11. The summed E-state index contributed by atoms with van der Waals surface area (Å²) >= 11 is 12.5. The van der Waals surface area contributed by atoms with Crippen LogP contribution in [-0.4, -0.2) is 5.91 Å². The van der Waals surface area contributed by atoms with E-state index in [1.54, 1.807) is 6.07 Å². The molecule has 1 aromatic rings. The van der Waals surface area contributed by atoms with Crippen molar-refractivity contribution in [1.29, 1.82) is 0 Å². The van der Waals surface area contributed by atoms with Gasteiger partial charge in [0.15, 0.2) is 0 Å². The Morgan fingerprint density at radius 1 is 1.56 bits per heavy atom. The molecule has 0 saturated carbocycles. The van der Waals surface area contributed by atoms with Crippen molar-refractivity contribution in [1.82, 2.24) is 0 Å². The Kier molecular flexibility index (Phi) is 5.08. The van der Waals surface area contributed by atoms with Crippen molar-refractivity contribution < 1.29 is 4.79 Å². The van der Waals surface area contributed by atoms with Crippen LogP contribution in [0.2, 0.25) is 5.02 Å². The van der Waals surface area contributed by atoms with Crippen LogP contribution in [0.15, 0.2) is 15.0 Å². The maximum absolute atomic E-state index is 11.5. The number of carbonyl (C=O) groups excluding carboxylic acids is 1. The van der Waals surface area contributed by atoms with Gasteiger partial charge in [0.2, 0.25) is 5.91 Å². The molecule has 1 amide bonds. The molecular formula is C10H11Br2ClN2O. The predicted molar refractivity (Wildman–Crippen MR) is 74.8 cm³/mol. The second kappa shape index (κ2) is 5.89. The Labute approximate surface area is 116 Å². The molecule has 0 aromatic heterocycles. The molecule has 0 spiro atoms. The zero-order valence-corrected chi connectivity index (χ0v) is 12.5. The van der Waals surface area contributed by atoms with Crippen LogP contribution in [-0.2, 0) is 4.79 Å². The highest BCUT2D eigenvalue weighted by Gasteiger charge is 2.14. The third-order valence-corrected chi connectivity index (χ3v) is 3.71. The maximum atomic E-state index is 11.5. The Balaban J connectivity index is 3.05. The van der Waals surface area contributed by atoms with Gasteiger partial charge in [-0.2, -0.15) is 0 Å². The molecular weight excluding hydrogens is 359 g/mol. The van der Waals surface area contributed by atoms with Crippen LogP contribution in [0.1, 0.15) is 19.8 Å². The summed E-state index contributed by atoms with van der Waals surface area (Å²) in [6.45, 7) is 1.94. The minimum atomic E-state index is -0.0503. The average Bonchev–Trinajstić information content (AvgIpc) is 2.22. The molecule has 16 heavy (non-hydrogen) atoms. The van der Waals surface area contributed by atoms with E-state index in [2.05, 4.69) is 37.2 Å². The number of hydrogen-bond donors (Lipinski definition) is 2. The van der Waals surface area contributed by atoms with Gasteiger partial charge in [0.25, 0.3) is 0 Å². The molecule has 0 saturated heterocycles. The first-order chi connectivity index (χ1) is 7.47. The highest BCUT2D eigenvalue weighted by Crippen LogP contribution is 2.40. The van der Waals surface area contributed by atoms with E-state index >= 15 is 0 Å². The van der Waals surface area contributed by atoms with E-state index in [0.717, 1.165) is 6.42 Å². The topological polar surface area (TPSA) is 55.1 Å². The number of rotatable bonds is 3. The van der Waals surface area contributed by atoms with Gasteiger partial charge in [0, 0.05) is 10.9 Å². The van der Waals surface area contributed by atoms with Crippen molar-refractivity contribution in [2.24, 2.45) is 0 Å². The summed E-state index contributed by atoms with van der Waals surface area (Å²) in [5, 5.41) is 3.21. The number of carbonyl (C=O) groups is 1. The number of hydrogen-bond acceptors (Lipinski definition) is 2. The quantitative estimate of drug-likeness (QED) is 0.784. The minimum absolute atomic E-state index is 0.0503. The number of amides is 1. The van der Waals surface area contributed by atoms with Gasteiger partial charge in [-0.25, -0.2) is 0 Å². The lowest BCUT2D eigenvalue weighted by Crippen LogP contribution is -2.12. The van der Waals surface area contributed by atoms with E-state index in [-0.39, 0.29) is 5.91 Å². The predicted octanol–water partition coefficient (Wildman–Crippen LogP) is 4.19. The van der Waals surface area contributed by atoms with Gasteiger partial charge in [-0.05, 0) is 44.3 Å². The molecule has 0 fully saturated rings. The van der Waals surface area contributed by atoms with Crippen molar-refractivity contribution in [3.05, 3.63) is 20.0 Å². The van der Waals surface area contributed by atoms with Crippen molar-refractivity contribution in [3.8, 4) is 0 Å². The van der Waals surface area contributed by atoms with Gasteiger partial charge in [0.1, 0.15) is 0 Å². The van der Waals surface area contributed by atoms with Crippen LogP contribution in [0.5, 0.6) is 0 Å². The fourth-order valence-electron chi connectivity index (χ4n) is 1.15. The zero-order chi connectivity index (χ0) is 12.3. The van der Waals surface area contributed by atoms with Gasteiger partial charge < -0.3 is 11.1 Å². The van der Waals surface area contributed by atoms with Crippen molar-refractivity contribution in [2.75, 3.05) is 11.1 Å². The molecule has 6 heteroatoms. The largest absolute Gasteiger partial charge is 0.397 e. The summed E-state index contributed by atoms with van der Waals surface area (Å²) in [5.74, 6) is -0.0503. The van der Waals surface area contributed by atoms with Crippen LogP contribution < -0.4 is 11.1 Å². The van der Waals surface area contributed by atoms with Crippen molar-refractivity contribution in [3.63, 3.8) is 0 Å². The zero-order valence-electron chi connectivity index (χ0n) is 8.61. The number of halogens is 3. The first kappa shape index (κ1) is 13.8. The first-order valence-electron chi connectivity index (χ1n) is 4.70. The summed E-state index contributed by atoms with van der Waals surface area (Å²) in [5.41, 5.74) is 6.78. The van der Waals surface area contributed by atoms with Gasteiger partial charge >= 0.3 is 0 Å². The van der Waals surface area contributed by atoms with Crippen LogP contribution in [0, 0.1) is 0 Å². The lowest BCUT2D eigenvalue weighted by Gasteiger charge is -2.12. The summed E-state index contributed by atoms with van der Waals surface area (Å²) in [4.78, 5) is 11.5. The van der Waals surface area contributed by atoms with Crippen molar-refractivity contribution in [2.45, 2.75) is 19.8 Å². The van der Waals surface area contributed by atoms with E-state index in [1.807, 2.05) is 6.92 Å². The maximum Gasteiger partial charge on any atom is 0.224 e. The van der Waals surface area contributed by atoms with E-state index in [9.17, 15) is 4.79 Å². The Bertz CT molecular complexity index is 424.